The number of carbonyl (C=O) groups is 1. The first kappa shape index (κ1) is 17.2. The number of benzene rings is 1. The summed E-state index contributed by atoms with van der Waals surface area (Å²) in [7, 11) is 1.66. The highest BCUT2D eigenvalue weighted by Gasteiger charge is 2.30. The predicted molar refractivity (Wildman–Crippen MR) is 101 cm³/mol. The molecule has 27 heavy (non-hydrogen) atoms. The van der Waals surface area contributed by atoms with Gasteiger partial charge in [0.25, 0.3) is 5.91 Å². The Balaban J connectivity index is 1.66. The smallest absolute Gasteiger partial charge is 0.338 e. The molecule has 0 spiro atoms. The topological polar surface area (TPSA) is 73.0 Å². The van der Waals surface area contributed by atoms with Gasteiger partial charge in [-0.25, -0.2) is 14.0 Å². The van der Waals surface area contributed by atoms with Gasteiger partial charge in [0.1, 0.15) is 5.82 Å². The van der Waals surface area contributed by atoms with Crippen LogP contribution < -0.4 is 5.69 Å². The summed E-state index contributed by atoms with van der Waals surface area (Å²) in [4.78, 5) is 31.3. The Labute approximate surface area is 156 Å². The van der Waals surface area contributed by atoms with E-state index in [4.69, 9.17) is 0 Å². The first-order valence-electron chi connectivity index (χ1n) is 9.06. The summed E-state index contributed by atoms with van der Waals surface area (Å²) in [6, 6.07) is 13.0. The zero-order chi connectivity index (χ0) is 18.8. The molecular formula is C20H21N5O2. The second-order valence-corrected chi connectivity index (χ2v) is 6.76. The van der Waals surface area contributed by atoms with Crippen LogP contribution in [-0.4, -0.2) is 43.2 Å². The van der Waals surface area contributed by atoms with Crippen LogP contribution in [0.4, 0.5) is 0 Å². The van der Waals surface area contributed by atoms with Gasteiger partial charge in [0.05, 0.1) is 5.69 Å². The van der Waals surface area contributed by atoms with Crippen molar-refractivity contribution in [2.45, 2.75) is 18.8 Å². The second kappa shape index (κ2) is 7.19. The maximum absolute atomic E-state index is 12.8. The molecule has 3 heterocycles. The van der Waals surface area contributed by atoms with E-state index in [1.165, 1.54) is 4.68 Å². The lowest BCUT2D eigenvalue weighted by Crippen LogP contribution is -2.40. The number of para-hydroxylation sites is 1. The fraction of sp³-hybridized carbons (Fsp3) is 0.300. The summed E-state index contributed by atoms with van der Waals surface area (Å²) < 4.78 is 3.02. The summed E-state index contributed by atoms with van der Waals surface area (Å²) in [5, 5.41) is 4.50. The molecule has 4 rings (SSSR count). The molecule has 0 N–H and O–H groups in total. The molecule has 1 aliphatic heterocycles. The van der Waals surface area contributed by atoms with Gasteiger partial charge in [-0.1, -0.05) is 18.2 Å². The Hall–Kier alpha value is -3.22. The maximum Gasteiger partial charge on any atom is 0.350 e. The summed E-state index contributed by atoms with van der Waals surface area (Å²) >= 11 is 0. The molecule has 2 aromatic heterocycles. The molecule has 1 aliphatic rings. The zero-order valence-corrected chi connectivity index (χ0v) is 15.2. The monoisotopic (exact) mass is 363 g/mol. The molecule has 7 heteroatoms. The van der Waals surface area contributed by atoms with E-state index in [-0.39, 0.29) is 17.5 Å². The van der Waals surface area contributed by atoms with Gasteiger partial charge < -0.3 is 4.90 Å². The standard InChI is InChI=1S/C20H21N5O2/c1-23-20(27)25(17-7-3-2-4-8-17)18(22-23)16-6-5-13-24(14-16)19(26)15-9-11-21-12-10-15/h2-4,7-12,16H,5-6,13-14H2,1H3/t16-/m1/s1. The largest absolute Gasteiger partial charge is 0.350 e. The zero-order valence-electron chi connectivity index (χ0n) is 15.2. The van der Waals surface area contributed by atoms with Gasteiger partial charge in [0, 0.05) is 44.0 Å². The van der Waals surface area contributed by atoms with E-state index in [1.54, 1.807) is 36.1 Å². The maximum atomic E-state index is 12.8. The number of hydrogen-bond acceptors (Lipinski definition) is 4. The highest BCUT2D eigenvalue weighted by Crippen LogP contribution is 2.27. The van der Waals surface area contributed by atoms with E-state index in [0.29, 0.717) is 24.5 Å². The van der Waals surface area contributed by atoms with Crippen molar-refractivity contribution in [3.05, 3.63) is 76.7 Å². The van der Waals surface area contributed by atoms with Crippen molar-refractivity contribution in [2.24, 2.45) is 7.05 Å². The van der Waals surface area contributed by atoms with Crippen molar-refractivity contribution in [3.63, 3.8) is 0 Å². The molecule has 1 atom stereocenters. The summed E-state index contributed by atoms with van der Waals surface area (Å²) in [5.74, 6) is 0.714. The number of nitrogens with zero attached hydrogens (tertiary/aromatic N) is 5. The summed E-state index contributed by atoms with van der Waals surface area (Å²) in [6.45, 7) is 1.25. The minimum absolute atomic E-state index is 0.00774. The van der Waals surface area contributed by atoms with Crippen molar-refractivity contribution in [1.82, 2.24) is 24.2 Å². The highest BCUT2D eigenvalue weighted by molar-refractivity contribution is 5.94. The van der Waals surface area contributed by atoms with Gasteiger partial charge >= 0.3 is 5.69 Å². The van der Waals surface area contributed by atoms with Crippen LogP contribution in [0.25, 0.3) is 5.69 Å². The Morgan fingerprint density at radius 1 is 1.11 bits per heavy atom. The molecule has 0 unspecified atom stereocenters. The molecule has 0 bridgehead atoms. The SMILES string of the molecule is Cn1nc([C@@H]2CCCN(C(=O)c3ccncc3)C2)n(-c2ccccc2)c1=O. The number of hydrogen-bond donors (Lipinski definition) is 0. The van der Waals surface area contributed by atoms with E-state index < -0.39 is 0 Å². The van der Waals surface area contributed by atoms with Crippen LogP contribution in [0.3, 0.4) is 0 Å². The number of pyridine rings is 1. The average molecular weight is 363 g/mol. The van der Waals surface area contributed by atoms with E-state index >= 15 is 0 Å². The van der Waals surface area contributed by atoms with Crippen LogP contribution in [0.5, 0.6) is 0 Å². The lowest BCUT2D eigenvalue weighted by Gasteiger charge is -2.32. The number of aryl methyl sites for hydroxylation is 1. The Morgan fingerprint density at radius 2 is 1.85 bits per heavy atom. The van der Waals surface area contributed by atoms with Gasteiger partial charge in [-0.2, -0.15) is 5.10 Å². The van der Waals surface area contributed by atoms with Crippen LogP contribution in [0, 0.1) is 0 Å². The second-order valence-electron chi connectivity index (χ2n) is 6.76. The van der Waals surface area contributed by atoms with Crippen LogP contribution >= 0.6 is 0 Å². The minimum Gasteiger partial charge on any atom is -0.338 e. The quantitative estimate of drug-likeness (QED) is 0.713. The van der Waals surface area contributed by atoms with Gasteiger partial charge in [-0.15, -0.1) is 0 Å². The van der Waals surface area contributed by atoms with E-state index in [1.807, 2.05) is 35.2 Å². The normalized spacial score (nSPS) is 17.1. The molecule has 7 nitrogen and oxygen atoms in total. The number of amides is 1. The lowest BCUT2D eigenvalue weighted by molar-refractivity contribution is 0.0703. The van der Waals surface area contributed by atoms with Gasteiger partial charge in [-0.3, -0.25) is 9.78 Å². The van der Waals surface area contributed by atoms with Crippen LogP contribution in [-0.2, 0) is 7.05 Å². The molecule has 1 fully saturated rings. The number of carbonyl (C=O) groups excluding carboxylic acids is 1. The van der Waals surface area contributed by atoms with Crippen molar-refractivity contribution >= 4 is 5.91 Å². The van der Waals surface area contributed by atoms with Crippen LogP contribution in [0.15, 0.2) is 59.7 Å². The van der Waals surface area contributed by atoms with Crippen LogP contribution in [0.1, 0.15) is 34.9 Å². The number of piperidine rings is 1. The molecule has 0 aliphatic carbocycles. The fourth-order valence-corrected chi connectivity index (χ4v) is 3.62. The predicted octanol–water partition coefficient (Wildman–Crippen LogP) is 1.99. The van der Waals surface area contributed by atoms with Crippen molar-refractivity contribution in [3.8, 4) is 5.69 Å². The number of aromatic nitrogens is 4. The summed E-state index contributed by atoms with van der Waals surface area (Å²) in [5.41, 5.74) is 1.25. The lowest BCUT2D eigenvalue weighted by atomic mass is 9.96. The third-order valence-electron chi connectivity index (χ3n) is 4.97. The van der Waals surface area contributed by atoms with Gasteiger partial charge in [0.2, 0.25) is 0 Å². The first-order chi connectivity index (χ1) is 13.1. The molecule has 1 saturated heterocycles. The number of rotatable bonds is 3. The average Bonchev–Trinajstić information content (AvgIpc) is 3.03. The summed E-state index contributed by atoms with van der Waals surface area (Å²) in [6.07, 6.45) is 5.02. The van der Waals surface area contributed by atoms with Crippen molar-refractivity contribution in [1.29, 1.82) is 0 Å². The van der Waals surface area contributed by atoms with Crippen LogP contribution in [0.2, 0.25) is 0 Å². The third-order valence-corrected chi connectivity index (χ3v) is 4.97. The molecule has 0 saturated carbocycles. The van der Waals surface area contributed by atoms with Gasteiger partial charge in [-0.05, 0) is 37.1 Å². The Morgan fingerprint density at radius 3 is 2.59 bits per heavy atom. The van der Waals surface area contributed by atoms with E-state index in [2.05, 4.69) is 10.1 Å². The van der Waals surface area contributed by atoms with Crippen molar-refractivity contribution < 1.29 is 4.79 Å². The molecule has 138 valence electrons. The molecule has 1 aromatic carbocycles. The molecular weight excluding hydrogens is 342 g/mol. The van der Waals surface area contributed by atoms with Gasteiger partial charge in [0.15, 0.2) is 0 Å². The van der Waals surface area contributed by atoms with E-state index in [9.17, 15) is 9.59 Å². The fourth-order valence-electron chi connectivity index (χ4n) is 3.62. The molecule has 1 amide bonds. The minimum atomic E-state index is -0.172. The first-order valence-corrected chi connectivity index (χ1v) is 9.06. The Bertz CT molecular complexity index is 994. The molecule has 0 radical (unpaired) electrons. The number of likely N-dealkylation sites (tertiary alicyclic amines) is 1. The Kier molecular flexibility index (Phi) is 4.58. The molecule has 3 aromatic rings. The highest BCUT2D eigenvalue weighted by atomic mass is 16.2. The van der Waals surface area contributed by atoms with E-state index in [0.717, 1.165) is 18.5 Å². The van der Waals surface area contributed by atoms with Crippen molar-refractivity contribution in [2.75, 3.05) is 13.1 Å². The third kappa shape index (κ3) is 3.28.